The van der Waals surface area contributed by atoms with Crippen molar-refractivity contribution in [3.63, 3.8) is 0 Å². The first-order chi connectivity index (χ1) is 13.8. The molecule has 0 N–H and O–H groups in total. The van der Waals surface area contributed by atoms with Crippen LogP contribution in [0.3, 0.4) is 0 Å². The van der Waals surface area contributed by atoms with Crippen molar-refractivity contribution in [3.05, 3.63) is 59.1 Å². The fourth-order valence-electron chi connectivity index (χ4n) is 3.13. The van der Waals surface area contributed by atoms with Crippen LogP contribution in [-0.2, 0) is 19.6 Å². The van der Waals surface area contributed by atoms with Gasteiger partial charge in [-0.2, -0.15) is 0 Å². The molecule has 29 heavy (non-hydrogen) atoms. The van der Waals surface area contributed by atoms with Crippen LogP contribution in [0.25, 0.3) is 0 Å². The van der Waals surface area contributed by atoms with Crippen LogP contribution in [0, 0.1) is 6.92 Å². The minimum absolute atomic E-state index is 0.0574. The molecular weight excluding hydrogens is 414 g/mol. The van der Waals surface area contributed by atoms with Crippen molar-refractivity contribution in [2.45, 2.75) is 11.8 Å². The van der Waals surface area contributed by atoms with Crippen LogP contribution >= 0.6 is 11.6 Å². The Labute approximate surface area is 175 Å². The predicted octanol–water partition coefficient (Wildman–Crippen LogP) is 2.14. The maximum absolute atomic E-state index is 13.3. The molecule has 154 valence electrons. The van der Waals surface area contributed by atoms with Crippen LogP contribution in [0.1, 0.15) is 5.56 Å². The Bertz CT molecular complexity index is 987. The van der Waals surface area contributed by atoms with Gasteiger partial charge in [0, 0.05) is 31.2 Å². The average Bonchev–Trinajstić information content (AvgIpc) is 2.72. The van der Waals surface area contributed by atoms with Crippen LogP contribution in [0.5, 0.6) is 0 Å². The summed E-state index contributed by atoms with van der Waals surface area (Å²) in [5.74, 6) is -0.311. The fraction of sp³-hybridized carbons (Fsp3) is 0.300. The Kier molecular flexibility index (Phi) is 6.44. The molecule has 0 unspecified atom stereocenters. The highest BCUT2D eigenvalue weighted by atomic mass is 35.5. The van der Waals surface area contributed by atoms with E-state index in [4.69, 9.17) is 11.6 Å². The van der Waals surface area contributed by atoms with E-state index >= 15 is 0 Å². The van der Waals surface area contributed by atoms with E-state index in [2.05, 4.69) is 0 Å². The molecule has 2 aromatic carbocycles. The van der Waals surface area contributed by atoms with E-state index in [1.807, 2.05) is 13.0 Å². The van der Waals surface area contributed by atoms with Gasteiger partial charge in [-0.25, -0.2) is 8.42 Å². The fourth-order valence-corrected chi connectivity index (χ4v) is 4.66. The summed E-state index contributed by atoms with van der Waals surface area (Å²) in [5, 5.41) is 0.426. The average molecular weight is 436 g/mol. The molecule has 0 saturated carbocycles. The first kappa shape index (κ1) is 21.1. The summed E-state index contributed by atoms with van der Waals surface area (Å²) >= 11 is 5.89. The number of hydrogen-bond acceptors (Lipinski definition) is 4. The van der Waals surface area contributed by atoms with Crippen molar-refractivity contribution in [3.8, 4) is 0 Å². The number of aryl methyl sites for hydroxylation is 1. The van der Waals surface area contributed by atoms with E-state index in [0.717, 1.165) is 16.3 Å². The molecule has 1 aliphatic rings. The zero-order chi connectivity index (χ0) is 21.0. The summed E-state index contributed by atoms with van der Waals surface area (Å²) in [5.41, 5.74) is 1.30. The van der Waals surface area contributed by atoms with Gasteiger partial charge in [-0.15, -0.1) is 0 Å². The largest absolute Gasteiger partial charge is 0.342 e. The van der Waals surface area contributed by atoms with Crippen molar-refractivity contribution >= 4 is 39.6 Å². The molecule has 1 heterocycles. The molecule has 0 atom stereocenters. The summed E-state index contributed by atoms with van der Waals surface area (Å²) in [6.45, 7) is 3.15. The Balaban J connectivity index is 1.90. The topological polar surface area (TPSA) is 78.0 Å². The van der Waals surface area contributed by atoms with Gasteiger partial charge in [0.25, 0.3) is 10.0 Å². The third-order valence-corrected chi connectivity index (χ3v) is 6.83. The van der Waals surface area contributed by atoms with Crippen LogP contribution in [0.15, 0.2) is 53.4 Å². The van der Waals surface area contributed by atoms with E-state index in [1.165, 1.54) is 24.3 Å². The lowest BCUT2D eigenvalue weighted by Crippen LogP contribution is -2.51. The number of sulfonamides is 1. The third-order valence-electron chi connectivity index (χ3n) is 4.79. The Morgan fingerprint density at radius 1 is 1.10 bits per heavy atom. The highest BCUT2D eigenvalue weighted by Crippen LogP contribution is 2.25. The van der Waals surface area contributed by atoms with Gasteiger partial charge in [-0.3, -0.25) is 13.9 Å². The molecular formula is C20H22ClN3O4S. The lowest BCUT2D eigenvalue weighted by atomic mass is 10.2. The maximum atomic E-state index is 13.3. The lowest BCUT2D eigenvalue weighted by molar-refractivity contribution is -0.133. The van der Waals surface area contributed by atoms with Gasteiger partial charge >= 0.3 is 0 Å². The molecule has 1 saturated heterocycles. The van der Waals surface area contributed by atoms with E-state index < -0.39 is 10.0 Å². The summed E-state index contributed by atoms with van der Waals surface area (Å²) in [6, 6.07) is 12.9. The Morgan fingerprint density at radius 3 is 2.34 bits per heavy atom. The van der Waals surface area contributed by atoms with E-state index in [1.54, 1.807) is 28.0 Å². The van der Waals surface area contributed by atoms with Crippen LogP contribution in [0.4, 0.5) is 5.69 Å². The number of rotatable bonds is 6. The first-order valence-electron chi connectivity index (χ1n) is 9.13. The number of piperazine rings is 1. The molecule has 2 aromatic rings. The molecule has 0 aliphatic carbocycles. The zero-order valence-corrected chi connectivity index (χ0v) is 17.6. The number of amides is 2. The number of carbonyl (C=O) groups is 2. The van der Waals surface area contributed by atoms with Crippen molar-refractivity contribution in [1.29, 1.82) is 0 Å². The third kappa shape index (κ3) is 4.89. The van der Waals surface area contributed by atoms with E-state index in [0.29, 0.717) is 36.9 Å². The number of halogens is 1. The number of hydrogen-bond donors (Lipinski definition) is 0. The van der Waals surface area contributed by atoms with Crippen LogP contribution in [-0.4, -0.2) is 63.3 Å². The molecule has 1 aliphatic heterocycles. The zero-order valence-electron chi connectivity index (χ0n) is 16.0. The highest BCUT2D eigenvalue weighted by molar-refractivity contribution is 7.92. The van der Waals surface area contributed by atoms with Gasteiger partial charge in [0.1, 0.15) is 6.54 Å². The first-order valence-corrected chi connectivity index (χ1v) is 10.9. The van der Waals surface area contributed by atoms with Crippen molar-refractivity contribution in [2.24, 2.45) is 0 Å². The lowest BCUT2D eigenvalue weighted by Gasteiger charge is -2.34. The molecule has 2 amide bonds. The molecule has 0 bridgehead atoms. The van der Waals surface area contributed by atoms with Gasteiger partial charge < -0.3 is 9.80 Å². The normalized spacial score (nSPS) is 14.6. The SMILES string of the molecule is Cc1cccc(N(CC(=O)N2CCN(C=O)CC2)S(=O)(=O)c2ccc(Cl)cc2)c1. The highest BCUT2D eigenvalue weighted by Gasteiger charge is 2.30. The van der Waals surface area contributed by atoms with Gasteiger partial charge in [0.2, 0.25) is 12.3 Å². The quantitative estimate of drug-likeness (QED) is 0.651. The molecule has 0 aromatic heterocycles. The van der Waals surface area contributed by atoms with Crippen molar-refractivity contribution in [1.82, 2.24) is 9.80 Å². The van der Waals surface area contributed by atoms with Gasteiger partial charge in [-0.1, -0.05) is 23.7 Å². The smallest absolute Gasteiger partial charge is 0.264 e. The van der Waals surface area contributed by atoms with Gasteiger partial charge in [0.05, 0.1) is 10.6 Å². The summed E-state index contributed by atoms with van der Waals surface area (Å²) in [4.78, 5) is 27.0. The summed E-state index contributed by atoms with van der Waals surface area (Å²) in [6.07, 6.45) is 0.756. The monoisotopic (exact) mass is 435 g/mol. The molecule has 1 fully saturated rings. The number of nitrogens with zero attached hydrogens (tertiary/aromatic N) is 3. The minimum atomic E-state index is -3.98. The standard InChI is InChI=1S/C20H22ClN3O4S/c1-16-3-2-4-18(13-16)24(29(27,28)19-7-5-17(21)6-8-19)14-20(26)23-11-9-22(15-25)10-12-23/h2-8,13,15H,9-12,14H2,1H3. The molecule has 7 nitrogen and oxygen atoms in total. The second-order valence-electron chi connectivity index (χ2n) is 6.83. The predicted molar refractivity (Wildman–Crippen MR) is 111 cm³/mol. The van der Waals surface area contributed by atoms with Crippen LogP contribution in [0.2, 0.25) is 5.02 Å². The van der Waals surface area contributed by atoms with Crippen molar-refractivity contribution < 1.29 is 18.0 Å². The second kappa shape index (κ2) is 8.84. The van der Waals surface area contributed by atoms with Crippen LogP contribution < -0.4 is 4.31 Å². The van der Waals surface area contributed by atoms with E-state index in [9.17, 15) is 18.0 Å². The molecule has 3 rings (SSSR count). The molecule has 0 radical (unpaired) electrons. The van der Waals surface area contributed by atoms with Gasteiger partial charge in [0.15, 0.2) is 0 Å². The number of anilines is 1. The van der Waals surface area contributed by atoms with Gasteiger partial charge in [-0.05, 0) is 48.9 Å². The second-order valence-corrected chi connectivity index (χ2v) is 9.13. The Hall–Kier alpha value is -2.58. The Morgan fingerprint density at radius 2 is 1.76 bits per heavy atom. The number of carbonyl (C=O) groups excluding carboxylic acids is 2. The molecule has 0 spiro atoms. The summed E-state index contributed by atoms with van der Waals surface area (Å²) < 4.78 is 27.8. The van der Waals surface area contributed by atoms with E-state index in [-0.39, 0.29) is 17.3 Å². The minimum Gasteiger partial charge on any atom is -0.342 e. The maximum Gasteiger partial charge on any atom is 0.264 e. The molecule has 9 heteroatoms. The number of benzene rings is 2. The summed E-state index contributed by atoms with van der Waals surface area (Å²) in [7, 11) is -3.98. The van der Waals surface area contributed by atoms with Crippen molar-refractivity contribution in [2.75, 3.05) is 37.0 Å².